The number of amides is 1. The molecule has 0 aliphatic rings. The van der Waals surface area contributed by atoms with E-state index in [0.29, 0.717) is 34.9 Å². The van der Waals surface area contributed by atoms with Crippen LogP contribution < -0.4 is 20.6 Å². The summed E-state index contributed by atoms with van der Waals surface area (Å²) in [4.78, 5) is 13.0. The van der Waals surface area contributed by atoms with Gasteiger partial charge in [-0.15, -0.1) is 5.10 Å². The van der Waals surface area contributed by atoms with Crippen molar-refractivity contribution in [1.29, 1.82) is 0 Å². The van der Waals surface area contributed by atoms with Crippen LogP contribution in [0.25, 0.3) is 17.1 Å². The van der Waals surface area contributed by atoms with Crippen LogP contribution in [0, 0.1) is 0 Å². The number of benzene rings is 2. The Morgan fingerprint density at radius 1 is 1.24 bits per heavy atom. The van der Waals surface area contributed by atoms with Crippen molar-refractivity contribution in [3.05, 3.63) is 59.8 Å². The maximum atomic E-state index is 13.0. The summed E-state index contributed by atoms with van der Waals surface area (Å²) >= 11 is 0. The van der Waals surface area contributed by atoms with Crippen molar-refractivity contribution >= 4 is 17.9 Å². The lowest BCUT2D eigenvalue weighted by Crippen LogP contribution is -2.19. The Hall–Kier alpha value is -4.74. The van der Waals surface area contributed by atoms with E-state index in [0.717, 1.165) is 0 Å². The molecular weight excluding hydrogens is 428 g/mol. The van der Waals surface area contributed by atoms with Crippen LogP contribution in [0.1, 0.15) is 23.0 Å². The second-order valence-electron chi connectivity index (χ2n) is 6.57. The zero-order valence-electron chi connectivity index (χ0n) is 17.8. The number of rotatable bonds is 8. The number of carbonyl (C=O) groups is 1. The molecule has 4 aromatic rings. The minimum absolute atomic E-state index is 0.0109. The van der Waals surface area contributed by atoms with Crippen LogP contribution >= 0.6 is 0 Å². The minimum Gasteiger partial charge on any atom is -0.496 e. The molecule has 2 aromatic carbocycles. The van der Waals surface area contributed by atoms with Gasteiger partial charge in [0, 0.05) is 11.1 Å². The van der Waals surface area contributed by atoms with Crippen molar-refractivity contribution in [3.8, 4) is 28.6 Å². The van der Waals surface area contributed by atoms with Crippen LogP contribution in [0.4, 0.5) is 5.82 Å². The Morgan fingerprint density at radius 3 is 2.85 bits per heavy atom. The molecule has 0 unspecified atom stereocenters. The highest BCUT2D eigenvalue weighted by Gasteiger charge is 2.25. The number of hydrogen-bond acceptors (Lipinski definition) is 10. The third-order valence-electron chi connectivity index (χ3n) is 4.51. The fraction of sp³-hybridized carbons (Fsp3) is 0.143. The summed E-state index contributed by atoms with van der Waals surface area (Å²) in [5.41, 5.74) is 9.88. The fourth-order valence-electron chi connectivity index (χ4n) is 3.07. The van der Waals surface area contributed by atoms with Crippen LogP contribution in [0.2, 0.25) is 0 Å². The van der Waals surface area contributed by atoms with Gasteiger partial charge in [0.15, 0.2) is 5.69 Å². The number of nitrogens with two attached hydrogens (primary N) is 1. The van der Waals surface area contributed by atoms with Gasteiger partial charge in [-0.3, -0.25) is 4.79 Å². The van der Waals surface area contributed by atoms with Crippen molar-refractivity contribution in [3.63, 3.8) is 0 Å². The molecule has 0 atom stereocenters. The fourth-order valence-corrected chi connectivity index (χ4v) is 3.07. The molecule has 0 aliphatic carbocycles. The Labute approximate surface area is 188 Å². The van der Waals surface area contributed by atoms with E-state index < -0.39 is 5.91 Å². The Kier molecular flexibility index (Phi) is 6.25. The number of anilines is 1. The molecule has 2 aromatic heterocycles. The number of carbonyl (C=O) groups excluding carboxylic acids is 1. The van der Waals surface area contributed by atoms with E-state index in [1.807, 2.05) is 19.1 Å². The first-order valence-electron chi connectivity index (χ1n) is 9.86. The first kappa shape index (κ1) is 21.5. The number of para-hydroxylation sites is 1. The van der Waals surface area contributed by atoms with Crippen molar-refractivity contribution in [2.75, 3.05) is 19.5 Å². The zero-order chi connectivity index (χ0) is 23.2. The predicted molar refractivity (Wildman–Crippen MR) is 118 cm³/mol. The van der Waals surface area contributed by atoms with Gasteiger partial charge >= 0.3 is 0 Å². The van der Waals surface area contributed by atoms with E-state index in [1.54, 1.807) is 43.5 Å². The average Bonchev–Trinajstić information content (AvgIpc) is 3.45. The highest BCUT2D eigenvalue weighted by Crippen LogP contribution is 2.29. The molecule has 0 aliphatic heterocycles. The lowest BCUT2D eigenvalue weighted by molar-refractivity contribution is 0.0950. The van der Waals surface area contributed by atoms with Gasteiger partial charge in [0.1, 0.15) is 17.2 Å². The van der Waals surface area contributed by atoms with Crippen LogP contribution in [-0.2, 0) is 0 Å². The third kappa shape index (κ3) is 4.49. The lowest BCUT2D eigenvalue weighted by atomic mass is 10.1. The molecule has 0 radical (unpaired) electrons. The molecule has 0 saturated heterocycles. The van der Waals surface area contributed by atoms with E-state index in [9.17, 15) is 4.79 Å². The molecular formula is C21H20N8O4. The molecule has 33 heavy (non-hydrogen) atoms. The summed E-state index contributed by atoms with van der Waals surface area (Å²) in [6.45, 7) is 2.35. The maximum absolute atomic E-state index is 13.0. The Bertz CT molecular complexity index is 1300. The molecule has 0 fully saturated rings. The van der Waals surface area contributed by atoms with Gasteiger partial charge in [0.25, 0.3) is 5.91 Å². The number of hydrogen-bond donors (Lipinski definition) is 2. The smallest absolute Gasteiger partial charge is 0.294 e. The van der Waals surface area contributed by atoms with Gasteiger partial charge < -0.3 is 15.2 Å². The molecule has 168 valence electrons. The molecule has 0 saturated carbocycles. The number of nitrogens with zero attached hydrogens (tertiary/aromatic N) is 6. The number of methoxy groups -OCH3 is 1. The normalized spacial score (nSPS) is 11.0. The Balaban J connectivity index is 1.70. The summed E-state index contributed by atoms with van der Waals surface area (Å²) in [5, 5.41) is 19.4. The van der Waals surface area contributed by atoms with Crippen LogP contribution in [0.5, 0.6) is 11.5 Å². The highest BCUT2D eigenvalue weighted by molar-refractivity contribution is 5.99. The van der Waals surface area contributed by atoms with Crippen LogP contribution in [0.15, 0.2) is 58.3 Å². The summed E-state index contributed by atoms with van der Waals surface area (Å²) in [6.07, 6.45) is 1.47. The van der Waals surface area contributed by atoms with Gasteiger partial charge in [0.2, 0.25) is 11.6 Å². The third-order valence-corrected chi connectivity index (χ3v) is 4.51. The van der Waals surface area contributed by atoms with E-state index >= 15 is 0 Å². The van der Waals surface area contributed by atoms with Crippen molar-refractivity contribution in [2.45, 2.75) is 6.92 Å². The molecule has 2 heterocycles. The topological polar surface area (TPSA) is 156 Å². The van der Waals surface area contributed by atoms with E-state index in [2.05, 4.69) is 35.8 Å². The second-order valence-corrected chi connectivity index (χ2v) is 6.57. The minimum atomic E-state index is -0.598. The molecule has 3 N–H and O–H groups in total. The van der Waals surface area contributed by atoms with E-state index in [4.69, 9.17) is 15.2 Å². The van der Waals surface area contributed by atoms with Crippen molar-refractivity contribution in [1.82, 2.24) is 30.7 Å². The second kappa shape index (κ2) is 9.60. The zero-order valence-corrected chi connectivity index (χ0v) is 17.8. The number of ether oxygens (including phenoxy) is 2. The standard InChI is InChI=1S/C21H20N8O4/c1-3-32-15-9-6-8-13(11-15)18-17(24-28-29(18)20-19(22)26-33-27-20)21(30)25-23-12-14-7-4-5-10-16(14)31-2/h4-12H,3H2,1-2H3,(H2,22,26)(H,25,30)/b23-12+. The van der Waals surface area contributed by atoms with Crippen molar-refractivity contribution in [2.24, 2.45) is 5.10 Å². The summed E-state index contributed by atoms with van der Waals surface area (Å²) < 4.78 is 16.8. The van der Waals surface area contributed by atoms with Gasteiger partial charge in [0.05, 0.1) is 19.9 Å². The van der Waals surface area contributed by atoms with E-state index in [-0.39, 0.29) is 17.3 Å². The number of nitrogen functional groups attached to an aromatic ring is 1. The molecule has 4 rings (SSSR count). The quantitative estimate of drug-likeness (QED) is 0.304. The highest BCUT2D eigenvalue weighted by atomic mass is 16.6. The molecule has 12 heteroatoms. The molecule has 1 amide bonds. The van der Waals surface area contributed by atoms with Gasteiger partial charge in [-0.2, -0.15) is 9.78 Å². The summed E-state index contributed by atoms with van der Waals surface area (Å²) in [6, 6.07) is 14.4. The number of nitrogens with one attached hydrogen (secondary N) is 1. The van der Waals surface area contributed by atoms with Crippen molar-refractivity contribution < 1.29 is 18.9 Å². The average molecular weight is 448 g/mol. The van der Waals surface area contributed by atoms with Gasteiger partial charge in [-0.05, 0) is 41.5 Å². The van der Waals surface area contributed by atoms with Gasteiger partial charge in [-0.1, -0.05) is 29.5 Å². The largest absolute Gasteiger partial charge is 0.496 e. The lowest BCUT2D eigenvalue weighted by Gasteiger charge is -2.08. The predicted octanol–water partition coefficient (Wildman–Crippen LogP) is 2.07. The summed E-state index contributed by atoms with van der Waals surface area (Å²) in [7, 11) is 1.55. The first-order valence-corrected chi connectivity index (χ1v) is 9.86. The monoisotopic (exact) mass is 448 g/mol. The molecule has 12 nitrogen and oxygen atoms in total. The Morgan fingerprint density at radius 2 is 2.09 bits per heavy atom. The van der Waals surface area contributed by atoms with E-state index in [1.165, 1.54) is 10.9 Å². The number of aromatic nitrogens is 5. The van der Waals surface area contributed by atoms with Crippen LogP contribution in [0.3, 0.4) is 0 Å². The van der Waals surface area contributed by atoms with Gasteiger partial charge in [-0.25, -0.2) is 10.1 Å². The molecule has 0 spiro atoms. The summed E-state index contributed by atoms with van der Waals surface area (Å²) in [5.74, 6) is 0.705. The number of hydrazone groups is 1. The molecule has 0 bridgehead atoms. The van der Waals surface area contributed by atoms with Crippen LogP contribution in [-0.4, -0.2) is 51.1 Å². The first-order chi connectivity index (χ1) is 16.1. The maximum Gasteiger partial charge on any atom is 0.294 e. The SMILES string of the molecule is CCOc1cccc(-c2c(C(=O)N/N=C/c3ccccc3OC)nnn2-c2nonc2N)c1.